The quantitative estimate of drug-likeness (QED) is 0.561. The van der Waals surface area contributed by atoms with Crippen molar-refractivity contribution < 1.29 is 9.53 Å². The third-order valence-electron chi connectivity index (χ3n) is 5.69. The summed E-state index contributed by atoms with van der Waals surface area (Å²) in [5.74, 6) is 0.799. The number of aliphatic imine (C=N–C) groups is 1. The van der Waals surface area contributed by atoms with Crippen molar-refractivity contribution in [3.63, 3.8) is 0 Å². The minimum absolute atomic E-state index is 0.0507. The topological polar surface area (TPSA) is 78.2 Å². The largest absolute Gasteiger partial charge is 0.379 e. The van der Waals surface area contributed by atoms with Gasteiger partial charge >= 0.3 is 0 Å². The van der Waals surface area contributed by atoms with Crippen LogP contribution in [0.3, 0.4) is 0 Å². The number of carbonyl (C=O) groups excluding carboxylic acids is 1. The molecule has 2 fully saturated rings. The number of rotatable bonds is 5. The number of hydrogen-bond donors (Lipinski definition) is 1. The van der Waals surface area contributed by atoms with Gasteiger partial charge < -0.3 is 19.9 Å². The molecule has 0 saturated carbocycles. The van der Waals surface area contributed by atoms with E-state index >= 15 is 0 Å². The maximum Gasteiger partial charge on any atom is 0.246 e. The molecule has 0 aliphatic carbocycles. The third-order valence-corrected chi connectivity index (χ3v) is 5.69. The first-order valence-electron chi connectivity index (χ1n) is 10.7. The molecule has 1 N–H and O–H groups in total. The van der Waals surface area contributed by atoms with Crippen molar-refractivity contribution >= 4 is 17.6 Å². The van der Waals surface area contributed by atoms with Crippen LogP contribution in [0.1, 0.15) is 11.1 Å². The lowest BCUT2D eigenvalue weighted by Gasteiger charge is -2.35. The maximum absolute atomic E-state index is 12.7. The summed E-state index contributed by atoms with van der Waals surface area (Å²) >= 11 is 0. The Morgan fingerprint density at radius 3 is 2.71 bits per heavy atom. The average molecular weight is 426 g/mol. The highest BCUT2D eigenvalue weighted by Crippen LogP contribution is 2.16. The van der Waals surface area contributed by atoms with Gasteiger partial charge in [0.05, 0.1) is 25.1 Å². The molecule has 0 unspecified atom stereocenters. The number of ether oxygens (including phenoxy) is 1. The number of aryl methyl sites for hydroxylation is 1. The van der Waals surface area contributed by atoms with Crippen LogP contribution in [-0.2, 0) is 29.7 Å². The van der Waals surface area contributed by atoms with Gasteiger partial charge in [-0.15, -0.1) is 0 Å². The summed E-state index contributed by atoms with van der Waals surface area (Å²) in [6.45, 7) is 6.82. The van der Waals surface area contributed by atoms with Crippen molar-refractivity contribution in [1.29, 1.82) is 0 Å². The number of nitrogens with one attached hydrogen (secondary N) is 1. The number of piperazine rings is 1. The summed E-state index contributed by atoms with van der Waals surface area (Å²) in [5, 5.41) is 7.59. The van der Waals surface area contributed by atoms with Crippen LogP contribution in [-0.4, -0.2) is 84.4 Å². The molecule has 2 aromatic rings. The molecule has 2 aliphatic heterocycles. The van der Waals surface area contributed by atoms with Crippen LogP contribution in [0.15, 0.2) is 41.7 Å². The summed E-state index contributed by atoms with van der Waals surface area (Å²) in [7, 11) is 3.61. The van der Waals surface area contributed by atoms with E-state index in [-0.39, 0.29) is 5.91 Å². The Labute approximate surface area is 183 Å². The first kappa shape index (κ1) is 21.3. The Morgan fingerprint density at radius 1 is 1.19 bits per heavy atom. The summed E-state index contributed by atoms with van der Waals surface area (Å²) in [6.07, 6.45) is 3.59. The average Bonchev–Trinajstić information content (AvgIpc) is 3.21. The van der Waals surface area contributed by atoms with Crippen LogP contribution in [0.5, 0.6) is 0 Å². The number of anilines is 1. The van der Waals surface area contributed by atoms with Gasteiger partial charge in [-0.2, -0.15) is 5.10 Å². The highest BCUT2D eigenvalue weighted by molar-refractivity contribution is 5.98. The summed E-state index contributed by atoms with van der Waals surface area (Å²) < 4.78 is 7.15. The van der Waals surface area contributed by atoms with E-state index in [1.807, 2.05) is 18.1 Å². The number of benzene rings is 1. The van der Waals surface area contributed by atoms with E-state index in [0.29, 0.717) is 19.6 Å². The zero-order valence-corrected chi connectivity index (χ0v) is 18.3. The molecule has 0 bridgehead atoms. The van der Waals surface area contributed by atoms with Gasteiger partial charge in [-0.1, -0.05) is 24.3 Å². The van der Waals surface area contributed by atoms with E-state index in [2.05, 4.69) is 44.6 Å². The molecule has 2 aliphatic rings. The fourth-order valence-electron chi connectivity index (χ4n) is 4.04. The molecule has 0 atom stereocenters. The van der Waals surface area contributed by atoms with Crippen LogP contribution in [0.4, 0.5) is 5.69 Å². The molecule has 9 heteroatoms. The molecule has 0 spiro atoms. The molecular weight excluding hydrogens is 394 g/mol. The molecule has 9 nitrogen and oxygen atoms in total. The van der Waals surface area contributed by atoms with Gasteiger partial charge in [0, 0.05) is 59.6 Å². The second-order valence-corrected chi connectivity index (χ2v) is 7.95. The van der Waals surface area contributed by atoms with Crippen molar-refractivity contribution in [1.82, 2.24) is 24.9 Å². The highest BCUT2D eigenvalue weighted by atomic mass is 16.5. The van der Waals surface area contributed by atoms with Crippen LogP contribution >= 0.6 is 0 Å². The van der Waals surface area contributed by atoms with Crippen molar-refractivity contribution in [2.45, 2.75) is 13.1 Å². The first-order valence-corrected chi connectivity index (χ1v) is 10.7. The van der Waals surface area contributed by atoms with Crippen LogP contribution < -0.4 is 10.2 Å². The number of morpholine rings is 1. The Morgan fingerprint density at radius 2 is 2.00 bits per heavy atom. The predicted molar refractivity (Wildman–Crippen MR) is 120 cm³/mol. The number of guanidine groups is 1. The summed E-state index contributed by atoms with van der Waals surface area (Å²) in [5.41, 5.74) is 3.34. The summed E-state index contributed by atoms with van der Waals surface area (Å²) in [6, 6.07) is 8.63. The number of carbonyl (C=O) groups is 1. The van der Waals surface area contributed by atoms with E-state index in [1.54, 1.807) is 22.8 Å². The SMILES string of the molecule is CN=C(NCc1cccc(CN2CCOCC2)c1)N1CCN(c2cnn(C)c2)C(=O)C1. The van der Waals surface area contributed by atoms with Gasteiger partial charge in [0.25, 0.3) is 0 Å². The van der Waals surface area contributed by atoms with E-state index in [9.17, 15) is 4.79 Å². The maximum atomic E-state index is 12.7. The predicted octanol–water partition coefficient (Wildman–Crippen LogP) is 0.677. The second-order valence-electron chi connectivity index (χ2n) is 7.95. The van der Waals surface area contributed by atoms with Crippen molar-refractivity contribution in [3.05, 3.63) is 47.8 Å². The monoisotopic (exact) mass is 425 g/mol. The van der Waals surface area contributed by atoms with Gasteiger partial charge in [-0.25, -0.2) is 0 Å². The van der Waals surface area contributed by atoms with E-state index in [4.69, 9.17) is 4.74 Å². The van der Waals surface area contributed by atoms with Crippen molar-refractivity contribution in [3.8, 4) is 0 Å². The normalized spacial score (nSPS) is 18.5. The molecule has 31 heavy (non-hydrogen) atoms. The zero-order chi connectivity index (χ0) is 21.6. The minimum Gasteiger partial charge on any atom is -0.379 e. The van der Waals surface area contributed by atoms with E-state index in [0.717, 1.165) is 51.0 Å². The molecule has 166 valence electrons. The highest BCUT2D eigenvalue weighted by Gasteiger charge is 2.27. The minimum atomic E-state index is 0.0507. The molecule has 2 saturated heterocycles. The third kappa shape index (κ3) is 5.42. The number of aromatic nitrogens is 2. The Bertz CT molecular complexity index is 920. The molecule has 1 aromatic heterocycles. The Kier molecular flexibility index (Phi) is 6.83. The van der Waals surface area contributed by atoms with Crippen molar-refractivity contribution in [2.75, 3.05) is 57.9 Å². The molecular formula is C22H31N7O2. The molecule has 0 radical (unpaired) electrons. The molecule has 1 aromatic carbocycles. The van der Waals surface area contributed by atoms with Gasteiger partial charge in [0.1, 0.15) is 6.54 Å². The second kappa shape index (κ2) is 9.93. The van der Waals surface area contributed by atoms with Gasteiger partial charge in [-0.05, 0) is 11.1 Å². The summed E-state index contributed by atoms with van der Waals surface area (Å²) in [4.78, 5) is 23.3. The van der Waals surface area contributed by atoms with Crippen LogP contribution in [0.25, 0.3) is 0 Å². The van der Waals surface area contributed by atoms with Gasteiger partial charge in [0.2, 0.25) is 5.91 Å². The molecule has 3 heterocycles. The lowest BCUT2D eigenvalue weighted by Crippen LogP contribution is -2.55. The van der Waals surface area contributed by atoms with Crippen LogP contribution in [0.2, 0.25) is 0 Å². The van der Waals surface area contributed by atoms with Gasteiger partial charge in [-0.3, -0.25) is 19.4 Å². The number of nitrogens with zero attached hydrogens (tertiary/aromatic N) is 6. The molecule has 4 rings (SSSR count). The fourth-order valence-corrected chi connectivity index (χ4v) is 4.04. The number of hydrogen-bond acceptors (Lipinski definition) is 5. The van der Waals surface area contributed by atoms with E-state index < -0.39 is 0 Å². The van der Waals surface area contributed by atoms with Crippen LogP contribution in [0, 0.1) is 0 Å². The lowest BCUT2D eigenvalue weighted by atomic mass is 10.1. The fraction of sp³-hybridized carbons (Fsp3) is 0.500. The zero-order valence-electron chi connectivity index (χ0n) is 18.3. The smallest absolute Gasteiger partial charge is 0.246 e. The lowest BCUT2D eigenvalue weighted by molar-refractivity contribution is -0.120. The Hall–Kier alpha value is -2.91. The first-order chi connectivity index (χ1) is 15.1. The van der Waals surface area contributed by atoms with Crippen molar-refractivity contribution in [2.24, 2.45) is 12.0 Å². The molecule has 1 amide bonds. The standard InChI is InChI=1S/C22H31N7O2/c1-23-22(28-6-7-29(21(30)17-28)20-14-25-26(2)16-20)24-13-18-4-3-5-19(12-18)15-27-8-10-31-11-9-27/h3-5,12,14,16H,6-11,13,15,17H2,1-2H3,(H,23,24). The van der Waals surface area contributed by atoms with E-state index in [1.165, 1.54) is 11.1 Å². The van der Waals surface area contributed by atoms with Gasteiger partial charge in [0.15, 0.2) is 5.96 Å². The Balaban J connectivity index is 1.31. The number of amides is 1.